The van der Waals surface area contributed by atoms with Crippen molar-refractivity contribution in [2.45, 2.75) is 38.2 Å². The Labute approximate surface area is 148 Å². The van der Waals surface area contributed by atoms with Gasteiger partial charge in [-0.15, -0.1) is 0 Å². The van der Waals surface area contributed by atoms with E-state index in [-0.39, 0.29) is 12.0 Å². The monoisotopic (exact) mass is 340 g/mol. The molecular formula is C20H24N2O3. The van der Waals surface area contributed by atoms with Gasteiger partial charge in [0.15, 0.2) is 0 Å². The van der Waals surface area contributed by atoms with E-state index in [0.29, 0.717) is 22.7 Å². The third kappa shape index (κ3) is 4.44. The Hall–Kier alpha value is -2.69. The van der Waals surface area contributed by atoms with Gasteiger partial charge in [0.2, 0.25) is 0 Å². The number of rotatable bonds is 5. The highest BCUT2D eigenvalue weighted by molar-refractivity contribution is 6.04. The molecule has 3 N–H and O–H groups in total. The van der Waals surface area contributed by atoms with E-state index in [9.17, 15) is 4.79 Å². The van der Waals surface area contributed by atoms with E-state index in [1.807, 2.05) is 12.1 Å². The van der Waals surface area contributed by atoms with Crippen LogP contribution in [0.2, 0.25) is 0 Å². The van der Waals surface area contributed by atoms with Gasteiger partial charge in [0, 0.05) is 11.3 Å². The van der Waals surface area contributed by atoms with Gasteiger partial charge >= 0.3 is 0 Å². The van der Waals surface area contributed by atoms with E-state index >= 15 is 0 Å². The average Bonchev–Trinajstić information content (AvgIpc) is 2.63. The maximum Gasteiger partial charge on any atom is 0.255 e. The Morgan fingerprint density at radius 1 is 1.12 bits per heavy atom. The molecule has 132 valence electrons. The molecule has 0 heterocycles. The van der Waals surface area contributed by atoms with Crippen LogP contribution in [0.4, 0.5) is 11.4 Å². The van der Waals surface area contributed by atoms with Crippen molar-refractivity contribution < 1.29 is 14.3 Å². The Kier molecular flexibility index (Phi) is 5.43. The van der Waals surface area contributed by atoms with Gasteiger partial charge in [0.25, 0.3) is 5.91 Å². The van der Waals surface area contributed by atoms with Crippen molar-refractivity contribution in [1.82, 2.24) is 0 Å². The summed E-state index contributed by atoms with van der Waals surface area (Å²) in [5.74, 6) is 1.13. The van der Waals surface area contributed by atoms with Crippen molar-refractivity contribution in [2.24, 2.45) is 0 Å². The van der Waals surface area contributed by atoms with Gasteiger partial charge in [0.1, 0.15) is 11.5 Å². The third-order valence-corrected chi connectivity index (χ3v) is 4.44. The summed E-state index contributed by atoms with van der Waals surface area (Å²) in [5.41, 5.74) is 7.54. The summed E-state index contributed by atoms with van der Waals surface area (Å²) in [6.45, 7) is 0. The first-order valence-electron chi connectivity index (χ1n) is 8.67. The Bertz CT molecular complexity index is 739. The van der Waals surface area contributed by atoms with Crippen molar-refractivity contribution >= 4 is 17.3 Å². The minimum absolute atomic E-state index is 0.196. The lowest BCUT2D eigenvalue weighted by atomic mass is 9.98. The van der Waals surface area contributed by atoms with Gasteiger partial charge in [-0.1, -0.05) is 12.5 Å². The molecule has 2 aromatic rings. The molecule has 1 saturated carbocycles. The van der Waals surface area contributed by atoms with Crippen LogP contribution in [-0.2, 0) is 0 Å². The molecule has 1 aliphatic rings. The predicted molar refractivity (Wildman–Crippen MR) is 99.3 cm³/mol. The van der Waals surface area contributed by atoms with Gasteiger partial charge < -0.3 is 20.5 Å². The summed E-state index contributed by atoms with van der Waals surface area (Å²) in [4.78, 5) is 12.5. The molecule has 0 saturated heterocycles. The Morgan fingerprint density at radius 3 is 2.64 bits per heavy atom. The van der Waals surface area contributed by atoms with Gasteiger partial charge in [0.05, 0.1) is 18.9 Å². The number of amides is 1. The van der Waals surface area contributed by atoms with Crippen LogP contribution in [-0.4, -0.2) is 19.1 Å². The molecule has 0 atom stereocenters. The summed E-state index contributed by atoms with van der Waals surface area (Å²) < 4.78 is 11.2. The summed E-state index contributed by atoms with van der Waals surface area (Å²) in [7, 11) is 1.56. The fraction of sp³-hybridized carbons (Fsp3) is 0.350. The molecule has 5 nitrogen and oxygen atoms in total. The number of nitrogens with two attached hydrogens (primary N) is 1. The van der Waals surface area contributed by atoms with E-state index in [0.717, 1.165) is 18.6 Å². The largest absolute Gasteiger partial charge is 0.495 e. The summed E-state index contributed by atoms with van der Waals surface area (Å²) >= 11 is 0. The Morgan fingerprint density at radius 2 is 1.92 bits per heavy atom. The molecule has 5 heteroatoms. The molecule has 1 amide bonds. The highest BCUT2D eigenvalue weighted by Crippen LogP contribution is 2.26. The lowest BCUT2D eigenvalue weighted by Crippen LogP contribution is -2.20. The molecule has 25 heavy (non-hydrogen) atoms. The van der Waals surface area contributed by atoms with Crippen molar-refractivity contribution in [3.05, 3.63) is 48.0 Å². The number of benzene rings is 2. The highest BCUT2D eigenvalue weighted by Gasteiger charge is 2.16. The van der Waals surface area contributed by atoms with Crippen LogP contribution in [0.15, 0.2) is 42.5 Å². The van der Waals surface area contributed by atoms with Gasteiger partial charge in [-0.05, 0) is 62.1 Å². The molecule has 0 spiro atoms. The zero-order valence-electron chi connectivity index (χ0n) is 14.5. The summed E-state index contributed by atoms with van der Waals surface area (Å²) in [6.07, 6.45) is 6.14. The van der Waals surface area contributed by atoms with Crippen molar-refractivity contribution in [3.8, 4) is 11.5 Å². The normalized spacial score (nSPS) is 14.8. The molecule has 2 aromatic carbocycles. The molecule has 0 aliphatic heterocycles. The number of methoxy groups -OCH3 is 1. The average molecular weight is 340 g/mol. The molecule has 0 radical (unpaired) electrons. The lowest BCUT2D eigenvalue weighted by Gasteiger charge is -2.23. The number of carbonyl (C=O) groups excluding carboxylic acids is 1. The van der Waals surface area contributed by atoms with Crippen LogP contribution in [0.3, 0.4) is 0 Å². The lowest BCUT2D eigenvalue weighted by molar-refractivity contribution is 0.102. The number of anilines is 2. The van der Waals surface area contributed by atoms with Crippen LogP contribution in [0.25, 0.3) is 0 Å². The predicted octanol–water partition coefficient (Wildman–Crippen LogP) is 4.24. The van der Waals surface area contributed by atoms with Gasteiger partial charge in [-0.2, -0.15) is 0 Å². The number of carbonyl (C=O) groups is 1. The molecular weight excluding hydrogens is 316 g/mol. The number of hydrogen-bond acceptors (Lipinski definition) is 4. The molecule has 0 bridgehead atoms. The second-order valence-corrected chi connectivity index (χ2v) is 6.32. The maximum atomic E-state index is 12.5. The summed E-state index contributed by atoms with van der Waals surface area (Å²) in [5, 5.41) is 2.85. The van der Waals surface area contributed by atoms with Crippen LogP contribution >= 0.6 is 0 Å². The van der Waals surface area contributed by atoms with Crippen LogP contribution in [0, 0.1) is 0 Å². The van der Waals surface area contributed by atoms with Crippen molar-refractivity contribution in [3.63, 3.8) is 0 Å². The Balaban J connectivity index is 1.67. The number of nitrogens with one attached hydrogen (secondary N) is 1. The highest BCUT2D eigenvalue weighted by atomic mass is 16.5. The van der Waals surface area contributed by atoms with Gasteiger partial charge in [-0.25, -0.2) is 0 Å². The second-order valence-electron chi connectivity index (χ2n) is 6.32. The second kappa shape index (κ2) is 7.92. The zero-order valence-corrected chi connectivity index (χ0v) is 14.5. The molecule has 1 aliphatic carbocycles. The topological polar surface area (TPSA) is 73.6 Å². The number of hydrogen-bond donors (Lipinski definition) is 2. The first-order valence-corrected chi connectivity index (χ1v) is 8.67. The molecule has 0 aromatic heterocycles. The van der Waals surface area contributed by atoms with Gasteiger partial charge in [-0.3, -0.25) is 4.79 Å². The van der Waals surface area contributed by atoms with Crippen LogP contribution in [0.5, 0.6) is 11.5 Å². The number of ether oxygens (including phenoxy) is 2. The van der Waals surface area contributed by atoms with Crippen LogP contribution < -0.4 is 20.5 Å². The first-order chi connectivity index (χ1) is 12.2. The van der Waals surface area contributed by atoms with E-state index < -0.39 is 0 Å². The fourth-order valence-corrected chi connectivity index (χ4v) is 3.10. The van der Waals surface area contributed by atoms with E-state index in [4.69, 9.17) is 15.2 Å². The smallest absolute Gasteiger partial charge is 0.255 e. The minimum Gasteiger partial charge on any atom is -0.495 e. The van der Waals surface area contributed by atoms with Crippen LogP contribution in [0.1, 0.15) is 42.5 Å². The van der Waals surface area contributed by atoms with E-state index in [1.54, 1.807) is 37.4 Å². The van der Waals surface area contributed by atoms with Crippen molar-refractivity contribution in [2.75, 3.05) is 18.2 Å². The van der Waals surface area contributed by atoms with E-state index in [2.05, 4.69) is 5.32 Å². The first kappa shape index (κ1) is 17.1. The molecule has 0 unspecified atom stereocenters. The summed E-state index contributed by atoms with van der Waals surface area (Å²) in [6, 6.07) is 12.5. The van der Waals surface area contributed by atoms with Crippen molar-refractivity contribution in [1.29, 1.82) is 0 Å². The quantitative estimate of drug-likeness (QED) is 0.798. The minimum atomic E-state index is -0.196. The van der Waals surface area contributed by atoms with E-state index in [1.165, 1.54) is 19.3 Å². The third-order valence-electron chi connectivity index (χ3n) is 4.44. The fourth-order valence-electron chi connectivity index (χ4n) is 3.10. The molecule has 1 fully saturated rings. The molecule has 3 rings (SSSR count). The maximum absolute atomic E-state index is 12.5. The SMILES string of the molecule is COc1ccc(NC(=O)c2cccc(OC3CCCCC3)c2)cc1N. The number of nitrogen functional groups attached to an aromatic ring is 1. The zero-order chi connectivity index (χ0) is 17.6. The standard InChI is InChI=1S/C20H24N2O3/c1-24-19-11-10-15(13-18(19)21)22-20(23)14-6-5-9-17(12-14)25-16-7-3-2-4-8-16/h5-6,9-13,16H,2-4,7-8,21H2,1H3,(H,22,23).